The van der Waals surface area contributed by atoms with Gasteiger partial charge in [0, 0.05) is 13.1 Å². The number of benzene rings is 2. The minimum atomic E-state index is -0.586. The molecule has 2 aromatic rings. The first kappa shape index (κ1) is 27.2. The summed E-state index contributed by atoms with van der Waals surface area (Å²) in [6.45, 7) is 11.1. The van der Waals surface area contributed by atoms with Gasteiger partial charge in [0.05, 0.1) is 7.11 Å². The van der Waals surface area contributed by atoms with Crippen LogP contribution in [-0.4, -0.2) is 43.0 Å². The van der Waals surface area contributed by atoms with Gasteiger partial charge < -0.3 is 19.7 Å². The van der Waals surface area contributed by atoms with Crippen molar-refractivity contribution in [2.24, 2.45) is 0 Å². The van der Waals surface area contributed by atoms with Crippen LogP contribution in [-0.2, 0) is 21.5 Å². The number of para-hydroxylation sites is 1. The Morgan fingerprint density at radius 3 is 2.44 bits per heavy atom. The summed E-state index contributed by atoms with van der Waals surface area (Å²) in [7, 11) is 1.61. The lowest BCUT2D eigenvalue weighted by Crippen LogP contribution is -2.50. The standard InChI is InChI=1S/C28H40N2O4/c1-7-9-17-29-27(32)24(8-2)30(19-21-13-12-14-22(18-21)33-6)26(31)20-34-25-16-11-10-15-23(25)28(3,4)5/h10-16,18,24H,7-9,17,19-20H2,1-6H3,(H,29,32)/t24-/m1/s1. The van der Waals surface area contributed by atoms with Crippen molar-refractivity contribution in [2.45, 2.75) is 71.9 Å². The number of amides is 2. The van der Waals surface area contributed by atoms with Crippen molar-refractivity contribution in [3.63, 3.8) is 0 Å². The van der Waals surface area contributed by atoms with E-state index in [1.165, 1.54) is 0 Å². The van der Waals surface area contributed by atoms with Crippen LogP contribution in [0.1, 0.15) is 65.0 Å². The van der Waals surface area contributed by atoms with Gasteiger partial charge in [-0.1, -0.05) is 71.4 Å². The molecule has 0 aromatic heterocycles. The predicted octanol–water partition coefficient (Wildman–Crippen LogP) is 5.10. The van der Waals surface area contributed by atoms with E-state index in [4.69, 9.17) is 9.47 Å². The number of nitrogens with one attached hydrogen (secondary N) is 1. The summed E-state index contributed by atoms with van der Waals surface area (Å²) in [5.41, 5.74) is 1.81. The van der Waals surface area contributed by atoms with E-state index < -0.39 is 6.04 Å². The molecule has 1 N–H and O–H groups in total. The van der Waals surface area contributed by atoms with E-state index in [1.807, 2.05) is 55.5 Å². The highest BCUT2D eigenvalue weighted by Gasteiger charge is 2.29. The monoisotopic (exact) mass is 468 g/mol. The van der Waals surface area contributed by atoms with Crippen LogP contribution in [0, 0.1) is 0 Å². The van der Waals surface area contributed by atoms with Crippen LogP contribution in [0.2, 0.25) is 0 Å². The number of carbonyl (C=O) groups excluding carboxylic acids is 2. The Morgan fingerprint density at radius 1 is 1.06 bits per heavy atom. The van der Waals surface area contributed by atoms with Crippen LogP contribution < -0.4 is 14.8 Å². The molecule has 1 atom stereocenters. The molecule has 0 unspecified atom stereocenters. The first-order valence-electron chi connectivity index (χ1n) is 12.1. The average molecular weight is 469 g/mol. The van der Waals surface area contributed by atoms with Crippen LogP contribution in [0.3, 0.4) is 0 Å². The second kappa shape index (κ2) is 13.0. The van der Waals surface area contributed by atoms with Crippen LogP contribution in [0.25, 0.3) is 0 Å². The molecule has 0 saturated heterocycles. The molecule has 0 aliphatic rings. The Hall–Kier alpha value is -3.02. The van der Waals surface area contributed by atoms with E-state index >= 15 is 0 Å². The summed E-state index contributed by atoms with van der Waals surface area (Å²) in [4.78, 5) is 28.1. The largest absolute Gasteiger partial charge is 0.497 e. The molecule has 6 heteroatoms. The zero-order valence-electron chi connectivity index (χ0n) is 21.5. The van der Waals surface area contributed by atoms with Crippen molar-refractivity contribution < 1.29 is 19.1 Å². The summed E-state index contributed by atoms with van der Waals surface area (Å²) in [5.74, 6) is 1.03. The number of unbranched alkanes of at least 4 members (excludes halogenated alkanes) is 1. The number of methoxy groups -OCH3 is 1. The number of hydrogen-bond acceptors (Lipinski definition) is 4. The Labute approximate surface area is 204 Å². The van der Waals surface area contributed by atoms with Crippen molar-refractivity contribution in [2.75, 3.05) is 20.3 Å². The SMILES string of the molecule is CCCCNC(=O)[C@@H](CC)N(Cc1cccc(OC)c1)C(=O)COc1ccccc1C(C)(C)C. The molecular formula is C28H40N2O4. The van der Waals surface area contributed by atoms with Gasteiger partial charge in [-0.3, -0.25) is 9.59 Å². The fraction of sp³-hybridized carbons (Fsp3) is 0.500. The summed E-state index contributed by atoms with van der Waals surface area (Å²) in [6.07, 6.45) is 2.40. The van der Waals surface area contributed by atoms with Crippen molar-refractivity contribution >= 4 is 11.8 Å². The Kier molecular flexibility index (Phi) is 10.4. The number of rotatable bonds is 12. The summed E-state index contributed by atoms with van der Waals surface area (Å²) in [5, 5.41) is 2.98. The average Bonchev–Trinajstić information content (AvgIpc) is 2.82. The lowest BCUT2D eigenvalue weighted by Gasteiger charge is -2.31. The molecule has 2 aromatic carbocycles. The van der Waals surface area contributed by atoms with Gasteiger partial charge in [-0.2, -0.15) is 0 Å². The fourth-order valence-corrected chi connectivity index (χ4v) is 3.83. The molecule has 34 heavy (non-hydrogen) atoms. The van der Waals surface area contributed by atoms with Gasteiger partial charge >= 0.3 is 0 Å². The Balaban J connectivity index is 2.27. The van der Waals surface area contributed by atoms with E-state index in [0.717, 1.165) is 24.0 Å². The van der Waals surface area contributed by atoms with E-state index in [9.17, 15) is 9.59 Å². The van der Waals surface area contributed by atoms with Crippen molar-refractivity contribution in [1.29, 1.82) is 0 Å². The normalized spacial score (nSPS) is 12.1. The van der Waals surface area contributed by atoms with Crippen LogP contribution in [0.4, 0.5) is 0 Å². The zero-order chi connectivity index (χ0) is 25.1. The van der Waals surface area contributed by atoms with Gasteiger partial charge in [0.25, 0.3) is 5.91 Å². The molecule has 0 heterocycles. The van der Waals surface area contributed by atoms with Crippen molar-refractivity contribution in [1.82, 2.24) is 10.2 Å². The topological polar surface area (TPSA) is 67.9 Å². The lowest BCUT2D eigenvalue weighted by molar-refractivity contribution is -0.143. The first-order chi connectivity index (χ1) is 16.2. The van der Waals surface area contributed by atoms with Gasteiger partial charge in [-0.15, -0.1) is 0 Å². The molecule has 0 bridgehead atoms. The summed E-state index contributed by atoms with van der Waals surface area (Å²) in [6, 6.07) is 14.7. The predicted molar refractivity (Wildman–Crippen MR) is 136 cm³/mol. The van der Waals surface area contributed by atoms with E-state index in [-0.39, 0.29) is 23.8 Å². The molecule has 0 aliphatic heterocycles. The fourth-order valence-electron chi connectivity index (χ4n) is 3.83. The van der Waals surface area contributed by atoms with Crippen LogP contribution in [0.15, 0.2) is 48.5 Å². The molecule has 186 valence electrons. The van der Waals surface area contributed by atoms with Crippen LogP contribution in [0.5, 0.6) is 11.5 Å². The molecule has 6 nitrogen and oxygen atoms in total. The highest BCUT2D eigenvalue weighted by Crippen LogP contribution is 2.31. The molecule has 2 rings (SSSR count). The highest BCUT2D eigenvalue weighted by atomic mass is 16.5. The Bertz CT molecular complexity index is 936. The molecule has 2 amide bonds. The van der Waals surface area contributed by atoms with Gasteiger partial charge in [0.2, 0.25) is 5.91 Å². The smallest absolute Gasteiger partial charge is 0.261 e. The third-order valence-corrected chi connectivity index (χ3v) is 5.75. The molecule has 0 fully saturated rings. The maximum atomic E-state index is 13.5. The third-order valence-electron chi connectivity index (χ3n) is 5.75. The minimum absolute atomic E-state index is 0.120. The molecule has 0 radical (unpaired) electrons. The second-order valence-corrected chi connectivity index (χ2v) is 9.48. The highest BCUT2D eigenvalue weighted by molar-refractivity contribution is 5.88. The van der Waals surface area contributed by atoms with E-state index in [1.54, 1.807) is 12.0 Å². The van der Waals surface area contributed by atoms with Gasteiger partial charge in [0.1, 0.15) is 17.5 Å². The molecule has 0 saturated carbocycles. The maximum absolute atomic E-state index is 13.5. The minimum Gasteiger partial charge on any atom is -0.497 e. The zero-order valence-corrected chi connectivity index (χ0v) is 21.5. The number of hydrogen-bond donors (Lipinski definition) is 1. The van der Waals surface area contributed by atoms with E-state index in [2.05, 4.69) is 33.0 Å². The van der Waals surface area contributed by atoms with Crippen LogP contribution >= 0.6 is 0 Å². The van der Waals surface area contributed by atoms with Gasteiger partial charge in [-0.25, -0.2) is 0 Å². The first-order valence-corrected chi connectivity index (χ1v) is 12.1. The lowest BCUT2D eigenvalue weighted by atomic mass is 9.86. The van der Waals surface area contributed by atoms with Gasteiger partial charge in [0.15, 0.2) is 6.61 Å². The number of carbonyl (C=O) groups is 2. The molecule has 0 aliphatic carbocycles. The second-order valence-electron chi connectivity index (χ2n) is 9.48. The summed E-state index contributed by atoms with van der Waals surface area (Å²) >= 11 is 0. The summed E-state index contributed by atoms with van der Waals surface area (Å²) < 4.78 is 11.4. The van der Waals surface area contributed by atoms with Crippen molar-refractivity contribution in [3.8, 4) is 11.5 Å². The quantitative estimate of drug-likeness (QED) is 0.440. The Morgan fingerprint density at radius 2 is 1.79 bits per heavy atom. The number of nitrogens with zero attached hydrogens (tertiary/aromatic N) is 1. The molecular weight excluding hydrogens is 428 g/mol. The molecule has 0 spiro atoms. The van der Waals surface area contributed by atoms with E-state index in [0.29, 0.717) is 31.0 Å². The van der Waals surface area contributed by atoms with Gasteiger partial charge in [-0.05, 0) is 47.6 Å². The maximum Gasteiger partial charge on any atom is 0.261 e. The number of ether oxygens (including phenoxy) is 2. The third kappa shape index (κ3) is 7.79. The van der Waals surface area contributed by atoms with Crippen molar-refractivity contribution in [3.05, 3.63) is 59.7 Å².